The summed E-state index contributed by atoms with van der Waals surface area (Å²) in [6.07, 6.45) is 1.84. The summed E-state index contributed by atoms with van der Waals surface area (Å²) in [6.45, 7) is 0. The van der Waals surface area contributed by atoms with Crippen molar-refractivity contribution in [3.05, 3.63) is 62.6 Å². The molecule has 0 amide bonds. The van der Waals surface area contributed by atoms with Gasteiger partial charge in [-0.15, -0.1) is 4.40 Å². The summed E-state index contributed by atoms with van der Waals surface area (Å²) in [5.74, 6) is 0. The largest absolute Gasteiger partial charge is 0.351 e. The molecule has 0 aliphatic carbocycles. The fourth-order valence-electron chi connectivity index (χ4n) is 1.92. The van der Waals surface area contributed by atoms with Crippen LogP contribution in [0.25, 0.3) is 16.1 Å². The van der Waals surface area contributed by atoms with Gasteiger partial charge in [0.05, 0.1) is 10.3 Å². The Bertz CT molecular complexity index is 768. The van der Waals surface area contributed by atoms with Gasteiger partial charge >= 0.3 is 10.5 Å². The molecule has 0 radical (unpaired) electrons. The highest BCUT2D eigenvalue weighted by atomic mass is 79.9. The smallest absolute Gasteiger partial charge is 0.258 e. The quantitative estimate of drug-likeness (QED) is 0.406. The van der Waals surface area contributed by atoms with Crippen molar-refractivity contribution < 1.29 is 9.32 Å². The number of halogens is 1. The van der Waals surface area contributed by atoms with Crippen LogP contribution in [0.2, 0.25) is 0 Å². The van der Waals surface area contributed by atoms with E-state index in [9.17, 15) is 10.1 Å². The first-order chi connectivity index (χ1) is 9.16. The topological polar surface area (TPSA) is 47.2 Å². The summed E-state index contributed by atoms with van der Waals surface area (Å²) >= 11 is 4.77. The molecule has 0 saturated carbocycles. The van der Waals surface area contributed by atoms with E-state index in [1.54, 1.807) is 6.07 Å². The number of pyridine rings is 1. The Hall–Kier alpha value is -1.79. The molecule has 0 spiro atoms. The minimum Gasteiger partial charge on any atom is -0.258 e. The summed E-state index contributed by atoms with van der Waals surface area (Å²) in [4.78, 5) is 11.3. The van der Waals surface area contributed by atoms with Gasteiger partial charge in [-0.05, 0) is 24.3 Å². The molecule has 0 aliphatic heterocycles. The van der Waals surface area contributed by atoms with Crippen LogP contribution in [0.15, 0.2) is 52.4 Å². The molecular formula is C13H8BrN2O2S+. The van der Waals surface area contributed by atoms with Crippen LogP contribution in [0.4, 0.5) is 5.69 Å². The molecular weight excluding hydrogens is 328 g/mol. The summed E-state index contributed by atoms with van der Waals surface area (Å²) in [6, 6.07) is 11.1. The Morgan fingerprint density at radius 2 is 1.95 bits per heavy atom. The third kappa shape index (κ3) is 2.13. The lowest BCUT2D eigenvalue weighted by Gasteiger charge is -1.95. The van der Waals surface area contributed by atoms with Crippen molar-refractivity contribution in [2.45, 2.75) is 0 Å². The maximum absolute atomic E-state index is 11.0. The first-order valence-corrected chi connectivity index (χ1v) is 7.16. The van der Waals surface area contributed by atoms with E-state index in [4.69, 9.17) is 0 Å². The van der Waals surface area contributed by atoms with Gasteiger partial charge < -0.3 is 0 Å². The van der Waals surface area contributed by atoms with E-state index in [0.717, 1.165) is 15.7 Å². The zero-order valence-electron chi connectivity index (χ0n) is 9.62. The van der Waals surface area contributed by atoms with Gasteiger partial charge in [0, 0.05) is 22.2 Å². The van der Waals surface area contributed by atoms with E-state index in [-0.39, 0.29) is 10.6 Å². The second kappa shape index (κ2) is 4.71. The molecule has 0 aliphatic rings. The second-order valence-corrected chi connectivity index (χ2v) is 5.73. The van der Waals surface area contributed by atoms with Crippen LogP contribution in [-0.2, 0) is 0 Å². The zero-order valence-corrected chi connectivity index (χ0v) is 12.0. The Kier molecular flexibility index (Phi) is 3.04. The standard InChI is InChI=1S/C13H8BrN2O2S/c14-10-5-3-9(4-6-10)12-8-19-13-11(16(17)18)2-1-7-15(12)13/h1-8H/q+1. The van der Waals surface area contributed by atoms with Gasteiger partial charge in [0.2, 0.25) is 5.69 Å². The minimum absolute atomic E-state index is 0.135. The van der Waals surface area contributed by atoms with Gasteiger partial charge in [-0.2, -0.15) is 0 Å². The molecule has 19 heavy (non-hydrogen) atoms. The number of nitrogens with zero attached hydrogens (tertiary/aromatic N) is 2. The summed E-state index contributed by atoms with van der Waals surface area (Å²) in [5, 5.41) is 12.9. The van der Waals surface area contributed by atoms with Crippen LogP contribution >= 0.6 is 27.3 Å². The van der Waals surface area contributed by atoms with E-state index < -0.39 is 0 Å². The van der Waals surface area contributed by atoms with E-state index in [1.165, 1.54) is 17.4 Å². The Labute approximate surface area is 121 Å². The molecule has 0 atom stereocenters. The number of fused-ring (bicyclic) bond motifs is 1. The van der Waals surface area contributed by atoms with Gasteiger partial charge in [0.1, 0.15) is 0 Å². The lowest BCUT2D eigenvalue weighted by molar-refractivity contribution is -0.501. The monoisotopic (exact) mass is 335 g/mol. The van der Waals surface area contributed by atoms with E-state index >= 15 is 0 Å². The molecule has 1 aromatic carbocycles. The Morgan fingerprint density at radius 1 is 1.21 bits per heavy atom. The van der Waals surface area contributed by atoms with Gasteiger partial charge in [0.15, 0.2) is 6.20 Å². The van der Waals surface area contributed by atoms with Gasteiger partial charge in [0.25, 0.3) is 0 Å². The number of rotatable bonds is 2. The molecule has 0 saturated heterocycles. The predicted octanol–water partition coefficient (Wildman–Crippen LogP) is 3.82. The molecule has 0 unspecified atom stereocenters. The predicted molar refractivity (Wildman–Crippen MR) is 77.3 cm³/mol. The van der Waals surface area contributed by atoms with Crippen molar-refractivity contribution >= 4 is 37.8 Å². The molecule has 0 bridgehead atoms. The highest BCUT2D eigenvalue weighted by Gasteiger charge is 2.24. The molecule has 6 heteroatoms. The number of hydrogen-bond acceptors (Lipinski definition) is 3. The lowest BCUT2D eigenvalue weighted by Crippen LogP contribution is -2.21. The Balaban J connectivity index is 2.24. The first-order valence-electron chi connectivity index (χ1n) is 5.49. The van der Waals surface area contributed by atoms with Crippen LogP contribution in [0.1, 0.15) is 0 Å². The number of nitro groups is 1. The summed E-state index contributed by atoms with van der Waals surface area (Å²) in [7, 11) is 0. The van der Waals surface area contributed by atoms with Crippen LogP contribution in [0.3, 0.4) is 0 Å². The summed E-state index contributed by atoms with van der Waals surface area (Å²) < 4.78 is 2.86. The minimum atomic E-state index is -0.350. The van der Waals surface area contributed by atoms with Gasteiger partial charge in [-0.25, -0.2) is 0 Å². The fourth-order valence-corrected chi connectivity index (χ4v) is 3.20. The third-order valence-electron chi connectivity index (χ3n) is 2.81. The fraction of sp³-hybridized carbons (Fsp3) is 0. The average molecular weight is 336 g/mol. The Morgan fingerprint density at radius 3 is 2.63 bits per heavy atom. The third-order valence-corrected chi connectivity index (χ3v) is 4.30. The molecule has 4 nitrogen and oxygen atoms in total. The average Bonchev–Trinajstić information content (AvgIpc) is 2.83. The van der Waals surface area contributed by atoms with Crippen molar-refractivity contribution in [2.75, 3.05) is 0 Å². The molecule has 0 N–H and O–H groups in total. The molecule has 3 aromatic rings. The van der Waals surface area contributed by atoms with Crippen LogP contribution in [0.5, 0.6) is 0 Å². The highest BCUT2D eigenvalue weighted by Crippen LogP contribution is 2.27. The number of hydrogen-bond donors (Lipinski definition) is 0. The molecule has 2 aromatic heterocycles. The number of benzene rings is 1. The van der Waals surface area contributed by atoms with E-state index in [2.05, 4.69) is 15.9 Å². The molecule has 94 valence electrons. The van der Waals surface area contributed by atoms with Crippen molar-refractivity contribution in [3.8, 4) is 11.3 Å². The van der Waals surface area contributed by atoms with Crippen molar-refractivity contribution in [1.29, 1.82) is 0 Å². The van der Waals surface area contributed by atoms with Crippen molar-refractivity contribution in [3.63, 3.8) is 0 Å². The van der Waals surface area contributed by atoms with Crippen LogP contribution in [0, 0.1) is 10.1 Å². The number of thiazole rings is 1. The maximum atomic E-state index is 11.0. The lowest BCUT2D eigenvalue weighted by atomic mass is 10.2. The maximum Gasteiger partial charge on any atom is 0.351 e. The van der Waals surface area contributed by atoms with Gasteiger partial charge in [-0.3, -0.25) is 10.1 Å². The highest BCUT2D eigenvalue weighted by molar-refractivity contribution is 9.10. The second-order valence-electron chi connectivity index (χ2n) is 3.95. The first kappa shape index (κ1) is 12.3. The van der Waals surface area contributed by atoms with Crippen LogP contribution < -0.4 is 4.40 Å². The van der Waals surface area contributed by atoms with Crippen molar-refractivity contribution in [2.24, 2.45) is 0 Å². The van der Waals surface area contributed by atoms with Crippen molar-refractivity contribution in [1.82, 2.24) is 0 Å². The van der Waals surface area contributed by atoms with Crippen LogP contribution in [-0.4, -0.2) is 4.92 Å². The van der Waals surface area contributed by atoms with Gasteiger partial charge in [-0.1, -0.05) is 27.3 Å². The SMILES string of the molecule is O=[N+]([O-])c1ccc[n+]2c(-c3ccc(Br)cc3)csc12. The number of aromatic nitrogens is 1. The van der Waals surface area contributed by atoms with E-state index in [1.807, 2.05) is 40.2 Å². The van der Waals surface area contributed by atoms with E-state index in [0.29, 0.717) is 4.83 Å². The molecule has 3 rings (SSSR count). The molecule has 0 fully saturated rings. The summed E-state index contributed by atoms with van der Waals surface area (Å²) in [5.41, 5.74) is 2.12. The molecule has 2 heterocycles. The normalized spacial score (nSPS) is 10.8. The zero-order chi connectivity index (χ0) is 13.4.